The molecule has 8 rings (SSSR count). The van der Waals surface area contributed by atoms with Gasteiger partial charge in [0.25, 0.3) is 0 Å². The molecule has 27 atom stereocenters. The highest BCUT2D eigenvalue weighted by atomic mass is 16.8. The van der Waals surface area contributed by atoms with Gasteiger partial charge in [-0.3, -0.25) is 0 Å². The van der Waals surface area contributed by atoms with Gasteiger partial charge in [0.1, 0.15) is 53.4 Å². The van der Waals surface area contributed by atoms with Crippen molar-refractivity contribution in [3.63, 3.8) is 0 Å². The van der Waals surface area contributed by atoms with Gasteiger partial charge < -0.3 is 97.7 Å². The maximum Gasteiger partial charge on any atom is 0.187 e. The minimum Gasteiger partial charge on any atom is -0.392 e. The van der Waals surface area contributed by atoms with Crippen molar-refractivity contribution in [3.8, 4) is 0 Å². The van der Waals surface area contributed by atoms with Crippen molar-refractivity contribution in [3.05, 3.63) is 12.2 Å². The SMILES string of the molecule is CO[C@H]1[C@@H](O)[C@H](O[C@@H]2[C@@H](C)O[C@@H](O[C@H]3[C@@H](OC)C[C@H](O[C@H]4[C@@H](OC)C[C@H](O[C@H]5CC[C@]6(C)[C@H]7C[C@@H](O)[C@@]8(C)[C@](O)(CC[C@@]8(O)[C@H](C)O)[C@]7(O)C=C[C@@]6(O)C5)O[C@@H]4C)O[C@@H]3C)C[C@H]2OC)O[C@H](C)[C@H]1O. The first-order valence-corrected chi connectivity index (χ1v) is 25.1. The van der Waals surface area contributed by atoms with Crippen LogP contribution in [0.5, 0.6) is 0 Å². The number of hydrogen-bond acceptors (Lipinski definition) is 20. The third-order valence-electron chi connectivity index (χ3n) is 18.6. The van der Waals surface area contributed by atoms with Gasteiger partial charge >= 0.3 is 0 Å². The predicted octanol–water partition coefficient (Wildman–Crippen LogP) is 0.705. The van der Waals surface area contributed by atoms with Crippen molar-refractivity contribution in [2.45, 2.75) is 251 Å². The molecule has 398 valence electrons. The number of aliphatic hydroxyl groups is 8. The van der Waals surface area contributed by atoms with Crippen molar-refractivity contribution in [1.82, 2.24) is 0 Å². The third-order valence-corrected chi connectivity index (χ3v) is 18.6. The Morgan fingerprint density at radius 2 is 1.09 bits per heavy atom. The second-order valence-corrected chi connectivity index (χ2v) is 22.0. The first kappa shape index (κ1) is 54.2. The highest BCUT2D eigenvalue weighted by molar-refractivity contribution is 5.38. The average molecular weight is 991 g/mol. The lowest BCUT2D eigenvalue weighted by molar-refractivity contribution is -0.356. The van der Waals surface area contributed by atoms with E-state index in [1.54, 1.807) is 41.3 Å². The van der Waals surface area contributed by atoms with Crippen LogP contribution in [0.1, 0.15) is 106 Å². The van der Waals surface area contributed by atoms with Crippen LogP contribution in [0.15, 0.2) is 12.2 Å². The normalized spacial score (nSPS) is 56.0. The number of fused-ring (bicyclic) bond motifs is 5. The highest BCUT2D eigenvalue weighted by Crippen LogP contribution is 2.71. The standard InChI is InChI=1S/C49H82O20/c1-23-37(52)42(61-11)38(53)43(65-23)69-41-26(4)64-36(20-31(41)60-10)68-40-25(3)63-35(19-30(40)59-9)67-39-24(2)62-34(18-29(39)58-8)66-28-12-13-44(6)32-21-33(51)45(7)47(55,27(5)50)16-17-49(45,57)48(32,56)15-14-46(44,54)22-28/h14-15,23-43,50-57H,12-13,16-22H2,1-11H3/t23-,24-,25-,26-,27+,28+,29+,30+,31-,32-,33-,34+,35+,36+,37-,38-,39-,40-,41-,42-,43+,44-,45-,46-,47-,48+,49-/m1/s1. The number of rotatable bonds is 13. The molecule has 0 aromatic heterocycles. The molecule has 0 amide bonds. The molecule has 0 bridgehead atoms. The topological polar surface area (TPSA) is 273 Å². The molecule has 0 radical (unpaired) electrons. The Morgan fingerprint density at radius 3 is 1.58 bits per heavy atom. The van der Waals surface area contributed by atoms with Crippen molar-refractivity contribution in [2.75, 3.05) is 28.4 Å². The summed E-state index contributed by atoms with van der Waals surface area (Å²) < 4.78 is 74.1. The van der Waals surface area contributed by atoms with Crippen LogP contribution in [-0.2, 0) is 56.8 Å². The third kappa shape index (κ3) is 8.72. The molecule has 7 fully saturated rings. The number of aliphatic hydroxyl groups excluding tert-OH is 4. The summed E-state index contributed by atoms with van der Waals surface area (Å²) in [4.78, 5) is 0. The summed E-state index contributed by atoms with van der Waals surface area (Å²) in [5.74, 6) is -0.776. The summed E-state index contributed by atoms with van der Waals surface area (Å²) in [6.07, 6.45) is -9.72. The Morgan fingerprint density at radius 1 is 0.580 bits per heavy atom. The van der Waals surface area contributed by atoms with E-state index in [0.29, 0.717) is 32.1 Å². The molecule has 0 unspecified atom stereocenters. The highest BCUT2D eigenvalue weighted by Gasteiger charge is 2.81. The molecule has 20 nitrogen and oxygen atoms in total. The molecular formula is C49H82O20. The lowest BCUT2D eigenvalue weighted by Gasteiger charge is -2.68. The fraction of sp³-hybridized carbons (Fsp3) is 0.959. The van der Waals surface area contributed by atoms with E-state index in [-0.39, 0.29) is 25.7 Å². The minimum absolute atomic E-state index is 0.00526. The maximum atomic E-state index is 12.5. The zero-order valence-electron chi connectivity index (χ0n) is 42.1. The number of hydrogen-bond donors (Lipinski definition) is 8. The van der Waals surface area contributed by atoms with E-state index in [1.165, 1.54) is 20.1 Å². The lowest BCUT2D eigenvalue weighted by atomic mass is 9.41. The largest absolute Gasteiger partial charge is 0.392 e. The van der Waals surface area contributed by atoms with E-state index in [2.05, 4.69) is 0 Å². The number of methoxy groups -OCH3 is 4. The van der Waals surface area contributed by atoms with E-state index >= 15 is 0 Å². The summed E-state index contributed by atoms with van der Waals surface area (Å²) in [5.41, 5.74) is -9.83. The Bertz CT molecular complexity index is 1800. The van der Waals surface area contributed by atoms with Crippen LogP contribution < -0.4 is 0 Å². The van der Waals surface area contributed by atoms with Gasteiger partial charge in [0.15, 0.2) is 25.2 Å². The van der Waals surface area contributed by atoms with Crippen LogP contribution >= 0.6 is 0 Å². The van der Waals surface area contributed by atoms with E-state index in [4.69, 9.17) is 56.8 Å². The molecule has 3 saturated carbocycles. The molecule has 69 heavy (non-hydrogen) atoms. The zero-order chi connectivity index (χ0) is 50.4. The summed E-state index contributed by atoms with van der Waals surface area (Å²) >= 11 is 0. The minimum atomic E-state index is -1.98. The summed E-state index contributed by atoms with van der Waals surface area (Å²) in [5, 5.41) is 92.9. The second-order valence-electron chi connectivity index (χ2n) is 22.0. The Hall–Kier alpha value is -1.06. The van der Waals surface area contributed by atoms with Gasteiger partial charge in [0.2, 0.25) is 0 Å². The predicted molar refractivity (Wildman–Crippen MR) is 240 cm³/mol. The van der Waals surface area contributed by atoms with Crippen molar-refractivity contribution in [2.24, 2.45) is 16.7 Å². The van der Waals surface area contributed by atoms with Crippen molar-refractivity contribution in [1.29, 1.82) is 0 Å². The van der Waals surface area contributed by atoms with Gasteiger partial charge in [-0.25, -0.2) is 0 Å². The van der Waals surface area contributed by atoms with Gasteiger partial charge in [0, 0.05) is 65.5 Å². The number of ether oxygens (including phenoxy) is 12. The van der Waals surface area contributed by atoms with E-state index in [0.717, 1.165) is 0 Å². The Kier molecular flexibility index (Phi) is 15.6. The molecule has 8 aliphatic rings. The average Bonchev–Trinajstić information content (AvgIpc) is 3.53. The molecule has 4 aliphatic carbocycles. The smallest absolute Gasteiger partial charge is 0.187 e. The summed E-state index contributed by atoms with van der Waals surface area (Å²) in [6.45, 7) is 12.1. The monoisotopic (exact) mass is 991 g/mol. The van der Waals surface area contributed by atoms with Crippen LogP contribution in [0.3, 0.4) is 0 Å². The van der Waals surface area contributed by atoms with Gasteiger partial charge in [-0.15, -0.1) is 0 Å². The summed E-state index contributed by atoms with van der Waals surface area (Å²) in [7, 11) is 6.19. The van der Waals surface area contributed by atoms with Crippen LogP contribution in [0.4, 0.5) is 0 Å². The maximum absolute atomic E-state index is 12.5. The second kappa shape index (κ2) is 19.9. The molecule has 0 aromatic rings. The first-order chi connectivity index (χ1) is 32.4. The molecular weight excluding hydrogens is 909 g/mol. The zero-order valence-corrected chi connectivity index (χ0v) is 42.1. The van der Waals surface area contributed by atoms with Crippen LogP contribution in [0.25, 0.3) is 0 Å². The van der Waals surface area contributed by atoms with Crippen molar-refractivity contribution < 1.29 is 97.7 Å². The molecule has 4 saturated heterocycles. The summed E-state index contributed by atoms with van der Waals surface area (Å²) in [6, 6.07) is 0. The molecule has 4 aliphatic heterocycles. The molecule has 0 aromatic carbocycles. The van der Waals surface area contributed by atoms with Gasteiger partial charge in [-0.1, -0.05) is 26.0 Å². The lowest BCUT2D eigenvalue weighted by Crippen LogP contribution is -2.79. The van der Waals surface area contributed by atoms with Crippen molar-refractivity contribution >= 4 is 0 Å². The van der Waals surface area contributed by atoms with Gasteiger partial charge in [0.05, 0.1) is 72.1 Å². The molecule has 0 spiro atoms. The fourth-order valence-electron chi connectivity index (χ4n) is 14.1. The quantitative estimate of drug-likeness (QED) is 0.118. The van der Waals surface area contributed by atoms with E-state index in [1.807, 2.05) is 27.7 Å². The fourth-order valence-corrected chi connectivity index (χ4v) is 14.1. The van der Waals surface area contributed by atoms with E-state index in [9.17, 15) is 40.9 Å². The first-order valence-electron chi connectivity index (χ1n) is 25.1. The Labute approximate surface area is 405 Å². The van der Waals surface area contributed by atoms with Crippen LogP contribution in [0, 0.1) is 16.7 Å². The molecule has 20 heteroatoms. The Balaban J connectivity index is 0.860. The molecule has 4 heterocycles. The molecule has 8 N–H and O–H groups in total. The van der Waals surface area contributed by atoms with Gasteiger partial charge in [-0.05, 0) is 66.7 Å². The van der Waals surface area contributed by atoms with Crippen LogP contribution in [0.2, 0.25) is 0 Å². The van der Waals surface area contributed by atoms with Crippen LogP contribution in [-0.4, -0.2) is 215 Å². The van der Waals surface area contributed by atoms with E-state index < -0.39 is 162 Å². The van der Waals surface area contributed by atoms with Gasteiger partial charge in [-0.2, -0.15) is 0 Å².